The highest BCUT2D eigenvalue weighted by Crippen LogP contribution is 2.50. The lowest BCUT2D eigenvalue weighted by Crippen LogP contribution is -2.42. The summed E-state index contributed by atoms with van der Waals surface area (Å²) in [5, 5.41) is 10.1. The van der Waals surface area contributed by atoms with Crippen LogP contribution in [0.4, 0.5) is 5.69 Å². The Morgan fingerprint density at radius 1 is 1.36 bits per heavy atom. The van der Waals surface area contributed by atoms with Crippen molar-refractivity contribution in [2.24, 2.45) is 5.41 Å². The van der Waals surface area contributed by atoms with Gasteiger partial charge in [-0.1, -0.05) is 18.2 Å². The van der Waals surface area contributed by atoms with Crippen molar-refractivity contribution in [1.82, 2.24) is 4.98 Å². The van der Waals surface area contributed by atoms with Gasteiger partial charge in [-0.25, -0.2) is 0 Å². The number of aryl methyl sites for hydroxylation is 1. The third-order valence-electron chi connectivity index (χ3n) is 5.02. The topological polar surface area (TPSA) is 45.6 Å². The van der Waals surface area contributed by atoms with Crippen molar-refractivity contribution >= 4 is 5.69 Å². The van der Waals surface area contributed by atoms with Crippen molar-refractivity contribution in [2.75, 3.05) is 31.2 Å². The van der Waals surface area contributed by atoms with E-state index in [1.54, 1.807) is 0 Å². The second-order valence-corrected chi connectivity index (χ2v) is 6.44. The number of ether oxygens (including phenoxy) is 1. The molecule has 0 unspecified atom stereocenters. The molecule has 3 heterocycles. The summed E-state index contributed by atoms with van der Waals surface area (Å²) in [7, 11) is 0. The van der Waals surface area contributed by atoms with Crippen LogP contribution in [0.2, 0.25) is 0 Å². The van der Waals surface area contributed by atoms with Crippen molar-refractivity contribution in [3.63, 3.8) is 0 Å². The zero-order chi connectivity index (χ0) is 15.2. The number of benzene rings is 1. The Morgan fingerprint density at radius 2 is 2.23 bits per heavy atom. The van der Waals surface area contributed by atoms with E-state index >= 15 is 0 Å². The molecule has 1 fully saturated rings. The van der Waals surface area contributed by atoms with Crippen LogP contribution in [0.5, 0.6) is 5.75 Å². The van der Waals surface area contributed by atoms with Gasteiger partial charge in [-0.2, -0.15) is 0 Å². The molecular weight excluding hydrogens is 276 g/mol. The number of rotatable bonds is 2. The summed E-state index contributed by atoms with van der Waals surface area (Å²) in [5.41, 5.74) is 3.19. The largest absolute Gasteiger partial charge is 0.493 e. The highest BCUT2D eigenvalue weighted by Gasteiger charge is 2.50. The van der Waals surface area contributed by atoms with Crippen LogP contribution in [0.1, 0.15) is 17.2 Å². The molecule has 0 aliphatic carbocycles. The number of aliphatic hydroxyl groups is 1. The summed E-state index contributed by atoms with van der Waals surface area (Å²) in [5.74, 6) is 1.26. The van der Waals surface area contributed by atoms with E-state index in [-0.39, 0.29) is 12.0 Å². The van der Waals surface area contributed by atoms with Gasteiger partial charge in [0, 0.05) is 36.6 Å². The van der Waals surface area contributed by atoms with E-state index in [0.29, 0.717) is 12.5 Å². The predicted octanol–water partition coefficient (Wildman–Crippen LogP) is 2.36. The quantitative estimate of drug-likeness (QED) is 0.924. The van der Waals surface area contributed by atoms with Crippen LogP contribution in [0.15, 0.2) is 42.6 Å². The van der Waals surface area contributed by atoms with Gasteiger partial charge in [0.1, 0.15) is 5.75 Å². The van der Waals surface area contributed by atoms with Crippen LogP contribution < -0.4 is 9.64 Å². The van der Waals surface area contributed by atoms with Gasteiger partial charge in [-0.3, -0.25) is 4.98 Å². The molecule has 0 radical (unpaired) electrons. The monoisotopic (exact) mass is 296 g/mol. The number of fused-ring (bicyclic) bond motifs is 3. The number of aromatic nitrogens is 1. The minimum Gasteiger partial charge on any atom is -0.493 e. The van der Waals surface area contributed by atoms with E-state index in [1.807, 2.05) is 31.3 Å². The van der Waals surface area contributed by atoms with E-state index in [0.717, 1.165) is 24.5 Å². The maximum absolute atomic E-state index is 10.1. The fourth-order valence-electron chi connectivity index (χ4n) is 3.79. The zero-order valence-corrected chi connectivity index (χ0v) is 12.7. The molecule has 1 aromatic carbocycles. The normalized spacial score (nSPS) is 26.3. The predicted molar refractivity (Wildman–Crippen MR) is 85.4 cm³/mol. The van der Waals surface area contributed by atoms with Gasteiger partial charge < -0.3 is 14.7 Å². The summed E-state index contributed by atoms with van der Waals surface area (Å²) >= 11 is 0. The fraction of sp³-hybridized carbons (Fsp3) is 0.389. The fourth-order valence-corrected chi connectivity index (χ4v) is 3.79. The number of hydrogen-bond acceptors (Lipinski definition) is 4. The van der Waals surface area contributed by atoms with Crippen molar-refractivity contribution in [2.45, 2.75) is 12.8 Å². The Labute approximate surface area is 130 Å². The Morgan fingerprint density at radius 3 is 3.05 bits per heavy atom. The van der Waals surface area contributed by atoms with Gasteiger partial charge in [-0.15, -0.1) is 0 Å². The third kappa shape index (κ3) is 1.98. The first-order valence-corrected chi connectivity index (χ1v) is 7.72. The molecule has 22 heavy (non-hydrogen) atoms. The molecular formula is C18H20N2O2. The number of hydrogen-bond donors (Lipinski definition) is 1. The highest BCUT2D eigenvalue weighted by molar-refractivity contribution is 5.52. The minimum absolute atomic E-state index is 0.145. The van der Waals surface area contributed by atoms with Crippen LogP contribution in [0.25, 0.3) is 0 Å². The van der Waals surface area contributed by atoms with Crippen molar-refractivity contribution in [3.8, 4) is 5.75 Å². The maximum atomic E-state index is 10.1. The first-order chi connectivity index (χ1) is 10.7. The summed E-state index contributed by atoms with van der Waals surface area (Å²) < 4.78 is 5.94. The van der Waals surface area contributed by atoms with E-state index in [9.17, 15) is 5.11 Å². The van der Waals surface area contributed by atoms with Gasteiger partial charge >= 0.3 is 0 Å². The average molecular weight is 296 g/mol. The molecule has 4 rings (SSSR count). The summed E-state index contributed by atoms with van der Waals surface area (Å²) in [4.78, 5) is 6.62. The minimum atomic E-state index is -0.217. The zero-order valence-electron chi connectivity index (χ0n) is 12.7. The van der Waals surface area contributed by atoms with Crippen LogP contribution in [-0.2, 0) is 0 Å². The molecule has 2 atom stereocenters. The molecule has 1 N–H and O–H groups in total. The van der Waals surface area contributed by atoms with Crippen molar-refractivity contribution in [3.05, 3.63) is 53.9 Å². The first kappa shape index (κ1) is 13.6. The van der Waals surface area contributed by atoms with Gasteiger partial charge in [0.05, 0.1) is 18.6 Å². The Kier molecular flexibility index (Phi) is 3.08. The lowest BCUT2D eigenvalue weighted by Gasteiger charge is -2.37. The lowest BCUT2D eigenvalue weighted by molar-refractivity contribution is 0.0535. The first-order valence-electron chi connectivity index (χ1n) is 7.72. The number of pyridine rings is 1. The maximum Gasteiger partial charge on any atom is 0.122 e. The average Bonchev–Trinajstić information content (AvgIpc) is 2.96. The molecule has 114 valence electrons. The molecule has 4 heteroatoms. The molecule has 4 nitrogen and oxygen atoms in total. The van der Waals surface area contributed by atoms with E-state index < -0.39 is 0 Å². The summed E-state index contributed by atoms with van der Waals surface area (Å²) in [6, 6.07) is 12.4. The standard InChI is InChI=1S/C18H20N2O2/c1-13-8-14(6-7-19-13)20-9-16-15-4-2-3-5-17(15)22-12-18(16,10-20)11-21/h2-8,16,21H,9-12H2,1H3/t16-,18-/m1/s1. The number of anilines is 1. The third-order valence-corrected chi connectivity index (χ3v) is 5.02. The van der Waals surface area contributed by atoms with Crippen LogP contribution in [-0.4, -0.2) is 36.4 Å². The van der Waals surface area contributed by atoms with E-state index in [4.69, 9.17) is 4.74 Å². The van der Waals surface area contributed by atoms with Gasteiger partial charge in [-0.05, 0) is 30.7 Å². The molecule has 1 aromatic heterocycles. The molecule has 0 spiro atoms. The van der Waals surface area contributed by atoms with E-state index in [1.165, 1.54) is 11.3 Å². The number of nitrogens with zero attached hydrogens (tertiary/aromatic N) is 2. The van der Waals surface area contributed by atoms with E-state index in [2.05, 4.69) is 28.1 Å². The molecule has 2 aliphatic heterocycles. The number of aliphatic hydroxyl groups excluding tert-OH is 1. The SMILES string of the molecule is Cc1cc(N2C[C@@H]3c4ccccc4OC[C@]3(CO)C2)ccn1. The Bertz CT molecular complexity index is 703. The molecule has 0 saturated carbocycles. The second-order valence-electron chi connectivity index (χ2n) is 6.44. The van der Waals surface area contributed by atoms with Gasteiger partial charge in [0.25, 0.3) is 0 Å². The lowest BCUT2D eigenvalue weighted by atomic mass is 9.74. The number of para-hydroxylation sites is 1. The van der Waals surface area contributed by atoms with Crippen LogP contribution in [0.3, 0.4) is 0 Å². The van der Waals surface area contributed by atoms with Gasteiger partial charge in [0.15, 0.2) is 0 Å². The van der Waals surface area contributed by atoms with Crippen molar-refractivity contribution in [1.29, 1.82) is 0 Å². The molecule has 0 bridgehead atoms. The molecule has 2 aliphatic rings. The second kappa shape index (κ2) is 4.99. The Hall–Kier alpha value is -2.07. The molecule has 1 saturated heterocycles. The Balaban J connectivity index is 1.73. The highest BCUT2D eigenvalue weighted by atomic mass is 16.5. The summed E-state index contributed by atoms with van der Waals surface area (Å²) in [6.45, 7) is 4.45. The summed E-state index contributed by atoms with van der Waals surface area (Å²) in [6.07, 6.45) is 1.85. The van der Waals surface area contributed by atoms with Crippen LogP contribution >= 0.6 is 0 Å². The molecule has 2 aromatic rings. The van der Waals surface area contributed by atoms with Crippen molar-refractivity contribution < 1.29 is 9.84 Å². The van der Waals surface area contributed by atoms with Gasteiger partial charge in [0.2, 0.25) is 0 Å². The molecule has 0 amide bonds. The smallest absolute Gasteiger partial charge is 0.122 e. The van der Waals surface area contributed by atoms with Crippen LogP contribution in [0, 0.1) is 12.3 Å².